The van der Waals surface area contributed by atoms with Crippen LogP contribution in [0.5, 0.6) is 0 Å². The standard InChI is InChI=1S/C9H8ClNO4/c1-5-2-6(11(14)15)3-8(10)7(5)4-9(12)13/h2-3H,4H2,1H3,(H,12,13). The lowest BCUT2D eigenvalue weighted by Crippen LogP contribution is -2.03. The van der Waals surface area contributed by atoms with Gasteiger partial charge in [-0.1, -0.05) is 11.6 Å². The molecule has 0 unspecified atom stereocenters. The monoisotopic (exact) mass is 229 g/mol. The average molecular weight is 230 g/mol. The Morgan fingerprint density at radius 3 is 2.60 bits per heavy atom. The van der Waals surface area contributed by atoms with Gasteiger partial charge in [0.25, 0.3) is 5.69 Å². The van der Waals surface area contributed by atoms with E-state index in [4.69, 9.17) is 16.7 Å². The molecule has 0 aliphatic rings. The van der Waals surface area contributed by atoms with Gasteiger partial charge in [-0.15, -0.1) is 0 Å². The summed E-state index contributed by atoms with van der Waals surface area (Å²) in [5.74, 6) is -1.02. The highest BCUT2D eigenvalue weighted by Gasteiger charge is 2.14. The zero-order chi connectivity index (χ0) is 11.6. The van der Waals surface area contributed by atoms with Crippen LogP contribution in [0, 0.1) is 17.0 Å². The normalized spacial score (nSPS) is 10.0. The van der Waals surface area contributed by atoms with Crippen LogP contribution in [0.4, 0.5) is 5.69 Å². The molecule has 0 atom stereocenters. The fourth-order valence-electron chi connectivity index (χ4n) is 1.24. The Kier molecular flexibility index (Phi) is 3.26. The number of hydrogen-bond donors (Lipinski definition) is 1. The van der Waals surface area contributed by atoms with E-state index >= 15 is 0 Å². The topological polar surface area (TPSA) is 80.4 Å². The summed E-state index contributed by atoms with van der Waals surface area (Å²) in [6.45, 7) is 1.59. The highest BCUT2D eigenvalue weighted by Crippen LogP contribution is 2.26. The van der Waals surface area contributed by atoms with Crippen LogP contribution in [-0.4, -0.2) is 16.0 Å². The van der Waals surface area contributed by atoms with E-state index in [1.807, 2.05) is 0 Å². The predicted octanol–water partition coefficient (Wildman–Crippen LogP) is 2.18. The first kappa shape index (κ1) is 11.5. The summed E-state index contributed by atoms with van der Waals surface area (Å²) in [6.07, 6.45) is -0.233. The highest BCUT2D eigenvalue weighted by atomic mass is 35.5. The van der Waals surface area contributed by atoms with Gasteiger partial charge < -0.3 is 5.11 Å². The van der Waals surface area contributed by atoms with Crippen LogP contribution in [0.3, 0.4) is 0 Å². The molecule has 6 heteroatoms. The Bertz CT molecular complexity index is 407. The van der Waals surface area contributed by atoms with E-state index in [1.54, 1.807) is 6.92 Å². The molecule has 0 aliphatic carbocycles. The van der Waals surface area contributed by atoms with Crippen molar-refractivity contribution in [3.05, 3.63) is 38.4 Å². The number of aryl methyl sites for hydroxylation is 1. The van der Waals surface area contributed by atoms with Crippen LogP contribution in [0.1, 0.15) is 11.1 Å². The molecule has 0 fully saturated rings. The number of non-ortho nitro benzene ring substituents is 1. The second-order valence-electron chi connectivity index (χ2n) is 3.05. The molecule has 0 saturated carbocycles. The van der Waals surface area contributed by atoms with Crippen molar-refractivity contribution in [2.45, 2.75) is 13.3 Å². The minimum atomic E-state index is -1.02. The van der Waals surface area contributed by atoms with Crippen molar-refractivity contribution in [2.75, 3.05) is 0 Å². The van der Waals surface area contributed by atoms with Gasteiger partial charge in [-0.05, 0) is 18.1 Å². The van der Waals surface area contributed by atoms with E-state index in [0.717, 1.165) is 6.07 Å². The predicted molar refractivity (Wildman–Crippen MR) is 54.2 cm³/mol. The third kappa shape index (κ3) is 2.66. The van der Waals surface area contributed by atoms with Crippen LogP contribution in [0.25, 0.3) is 0 Å². The minimum Gasteiger partial charge on any atom is -0.481 e. The summed E-state index contributed by atoms with van der Waals surface area (Å²) in [4.78, 5) is 20.4. The molecule has 0 radical (unpaired) electrons. The van der Waals surface area contributed by atoms with Gasteiger partial charge in [0.05, 0.1) is 16.4 Å². The SMILES string of the molecule is Cc1cc([N+](=O)[O-])cc(Cl)c1CC(=O)O. The Balaban J connectivity index is 3.21. The smallest absolute Gasteiger partial charge is 0.307 e. The molecule has 1 N–H and O–H groups in total. The molecule has 1 rings (SSSR count). The van der Waals surface area contributed by atoms with Crippen molar-refractivity contribution in [3.63, 3.8) is 0 Å². The number of benzene rings is 1. The molecule has 0 spiro atoms. The van der Waals surface area contributed by atoms with Gasteiger partial charge in [-0.2, -0.15) is 0 Å². The molecule has 0 bridgehead atoms. The molecule has 0 amide bonds. The fourth-order valence-corrected chi connectivity index (χ4v) is 1.56. The fraction of sp³-hybridized carbons (Fsp3) is 0.222. The Labute approximate surface area is 90.4 Å². The molecule has 15 heavy (non-hydrogen) atoms. The maximum atomic E-state index is 10.5. The van der Waals surface area contributed by atoms with Gasteiger partial charge in [-0.3, -0.25) is 14.9 Å². The number of carbonyl (C=O) groups is 1. The van der Waals surface area contributed by atoms with Crippen molar-refractivity contribution in [1.29, 1.82) is 0 Å². The van der Waals surface area contributed by atoms with E-state index < -0.39 is 10.9 Å². The highest BCUT2D eigenvalue weighted by molar-refractivity contribution is 6.31. The van der Waals surface area contributed by atoms with Crippen LogP contribution in [0.15, 0.2) is 12.1 Å². The van der Waals surface area contributed by atoms with Crippen molar-refractivity contribution in [1.82, 2.24) is 0 Å². The lowest BCUT2D eigenvalue weighted by Gasteiger charge is -2.05. The number of nitrogens with zero attached hydrogens (tertiary/aromatic N) is 1. The molecule has 0 aliphatic heterocycles. The first-order chi connectivity index (χ1) is 6.91. The zero-order valence-corrected chi connectivity index (χ0v) is 8.61. The van der Waals surface area contributed by atoms with E-state index in [1.165, 1.54) is 6.07 Å². The summed E-state index contributed by atoms with van der Waals surface area (Å²) in [5, 5.41) is 19.2. The second-order valence-corrected chi connectivity index (χ2v) is 3.46. The molecule has 0 heterocycles. The Morgan fingerprint density at radius 1 is 1.60 bits per heavy atom. The third-order valence-electron chi connectivity index (χ3n) is 1.94. The van der Waals surface area contributed by atoms with Crippen molar-refractivity contribution in [2.24, 2.45) is 0 Å². The largest absolute Gasteiger partial charge is 0.481 e. The van der Waals surface area contributed by atoms with Crippen molar-refractivity contribution < 1.29 is 14.8 Å². The molecule has 80 valence electrons. The van der Waals surface area contributed by atoms with Crippen LogP contribution >= 0.6 is 11.6 Å². The van der Waals surface area contributed by atoms with Gasteiger partial charge in [0.1, 0.15) is 0 Å². The number of halogens is 1. The van der Waals surface area contributed by atoms with Gasteiger partial charge in [0.15, 0.2) is 0 Å². The van der Waals surface area contributed by atoms with E-state index in [-0.39, 0.29) is 17.1 Å². The van der Waals surface area contributed by atoms with Crippen LogP contribution < -0.4 is 0 Å². The molecule has 5 nitrogen and oxygen atoms in total. The Morgan fingerprint density at radius 2 is 2.20 bits per heavy atom. The third-order valence-corrected chi connectivity index (χ3v) is 2.28. The molecule has 1 aromatic rings. The van der Waals surface area contributed by atoms with E-state index in [2.05, 4.69) is 0 Å². The number of carboxylic acid groups (broad SMARTS) is 1. The summed E-state index contributed by atoms with van der Waals surface area (Å²) >= 11 is 5.76. The maximum Gasteiger partial charge on any atom is 0.307 e. The van der Waals surface area contributed by atoms with E-state index in [0.29, 0.717) is 11.1 Å². The second kappa shape index (κ2) is 4.27. The number of carboxylic acids is 1. The first-order valence-corrected chi connectivity index (χ1v) is 4.45. The molecular formula is C9H8ClNO4. The van der Waals surface area contributed by atoms with Crippen molar-refractivity contribution in [3.8, 4) is 0 Å². The summed E-state index contributed by atoms with van der Waals surface area (Å²) in [5.41, 5.74) is 0.790. The lowest BCUT2D eigenvalue weighted by molar-refractivity contribution is -0.384. The maximum absolute atomic E-state index is 10.5. The van der Waals surface area contributed by atoms with Crippen LogP contribution in [0.2, 0.25) is 5.02 Å². The number of rotatable bonds is 3. The minimum absolute atomic E-state index is 0.115. The van der Waals surface area contributed by atoms with Crippen molar-refractivity contribution >= 4 is 23.3 Å². The molecule has 0 aromatic heterocycles. The number of hydrogen-bond acceptors (Lipinski definition) is 3. The molecule has 0 saturated heterocycles. The molecule has 1 aromatic carbocycles. The molecular weight excluding hydrogens is 222 g/mol. The summed E-state index contributed by atoms with van der Waals surface area (Å²) < 4.78 is 0. The quantitative estimate of drug-likeness (QED) is 0.636. The number of nitro benzene ring substituents is 1. The van der Waals surface area contributed by atoms with Gasteiger partial charge >= 0.3 is 5.97 Å². The summed E-state index contributed by atoms with van der Waals surface area (Å²) in [6, 6.07) is 2.47. The number of aliphatic carboxylic acids is 1. The summed E-state index contributed by atoms with van der Waals surface area (Å²) in [7, 11) is 0. The van der Waals surface area contributed by atoms with Gasteiger partial charge in [0, 0.05) is 12.1 Å². The van der Waals surface area contributed by atoms with Crippen LogP contribution in [-0.2, 0) is 11.2 Å². The average Bonchev–Trinajstić information content (AvgIpc) is 2.10. The van der Waals surface area contributed by atoms with E-state index in [9.17, 15) is 14.9 Å². The van der Waals surface area contributed by atoms with Gasteiger partial charge in [-0.25, -0.2) is 0 Å². The number of nitro groups is 1. The first-order valence-electron chi connectivity index (χ1n) is 4.07. The lowest BCUT2D eigenvalue weighted by atomic mass is 10.1. The Hall–Kier alpha value is -1.62. The zero-order valence-electron chi connectivity index (χ0n) is 7.86. The van der Waals surface area contributed by atoms with Gasteiger partial charge in [0.2, 0.25) is 0 Å².